The number of likely N-dealkylation sites (N-methyl/N-ethyl adjacent to an activating group) is 1. The van der Waals surface area contributed by atoms with Crippen LogP contribution < -0.4 is 5.32 Å². The zero-order valence-electron chi connectivity index (χ0n) is 36.3. The molecule has 5 aliphatic heterocycles. The number of hydrogen-bond acceptors (Lipinski definition) is 14. The fourth-order valence-corrected chi connectivity index (χ4v) is 10.1. The van der Waals surface area contributed by atoms with Crippen LogP contribution in [0.3, 0.4) is 0 Å². The average Bonchev–Trinajstić information content (AvgIpc) is 3.33. The van der Waals surface area contributed by atoms with E-state index in [4.69, 9.17) is 38.3 Å². The number of fused-ring (bicyclic) bond motifs is 4. The fraction of sp³-hybridized carbons (Fsp3) is 0.744. The molecule has 5 heterocycles. The number of esters is 1. The minimum Gasteiger partial charge on any atom is -0.458 e. The average molecular weight is 828 g/mol. The summed E-state index contributed by atoms with van der Waals surface area (Å²) in [4.78, 5) is 55.2. The molecule has 4 saturated heterocycles. The molecule has 0 aromatic heterocycles. The van der Waals surface area contributed by atoms with Crippen LogP contribution in [0.5, 0.6) is 0 Å². The third-order valence-corrected chi connectivity index (χ3v) is 13.0. The Morgan fingerprint density at radius 2 is 1.81 bits per heavy atom. The van der Waals surface area contributed by atoms with Crippen LogP contribution in [0.25, 0.3) is 0 Å². The van der Waals surface area contributed by atoms with E-state index in [0.29, 0.717) is 43.8 Å². The van der Waals surface area contributed by atoms with E-state index in [1.165, 1.54) is 0 Å². The normalized spacial score (nSPS) is 40.2. The van der Waals surface area contributed by atoms with Gasteiger partial charge in [0.25, 0.3) is 5.91 Å². The minimum atomic E-state index is -1.16. The Morgan fingerprint density at radius 3 is 2.51 bits per heavy atom. The third kappa shape index (κ3) is 9.47. The maximum atomic E-state index is 14.5. The quantitative estimate of drug-likeness (QED) is 0.281. The Bertz CT molecular complexity index is 1710. The minimum absolute atomic E-state index is 0.0663. The van der Waals surface area contributed by atoms with Gasteiger partial charge in [-0.25, -0.2) is 4.79 Å². The number of cyclic esters (lactones) is 1. The highest BCUT2D eigenvalue weighted by molar-refractivity contribution is 5.92. The summed E-state index contributed by atoms with van der Waals surface area (Å²) in [6, 6.07) is 8.35. The summed E-state index contributed by atoms with van der Waals surface area (Å²) in [6.45, 7) is 15.8. The molecule has 0 radical (unpaired) electrons. The molecule has 1 aromatic rings. The molecular weight excluding hydrogens is 762 g/mol. The summed E-state index contributed by atoms with van der Waals surface area (Å²) in [5.41, 5.74) is -0.442. The van der Waals surface area contributed by atoms with Crippen molar-refractivity contribution < 1.29 is 52.7 Å². The molecule has 4 fully saturated rings. The van der Waals surface area contributed by atoms with E-state index in [2.05, 4.69) is 24.3 Å². The number of hydrogen-bond donors (Lipinski definition) is 2. The summed E-state index contributed by atoms with van der Waals surface area (Å²) in [5.74, 6) is -2.83. The lowest BCUT2D eigenvalue weighted by atomic mass is 9.72. The van der Waals surface area contributed by atoms with Crippen LogP contribution in [-0.4, -0.2) is 151 Å². The Kier molecular flexibility index (Phi) is 14.1. The second-order valence-corrected chi connectivity index (χ2v) is 17.7. The SMILES string of the molecule is CC[C@H]1OC(=O)[C@H](C)[C@H]2OC/C(=N\OCC(=O)Nc3ccccc3)CO[C@](C)(C[C@@H](C)C3=NCCN4C(=O)O[C@@]1(C)[C@H]4[C@H]3C)[C@H](O[C@H]1O[C@@H](C)C[C@@H](N(C)C)[C@@H]1O)[C@H]2C. The first-order valence-electron chi connectivity index (χ1n) is 21.1. The summed E-state index contributed by atoms with van der Waals surface area (Å²) >= 11 is 0. The Hall–Kier alpha value is -3.67. The van der Waals surface area contributed by atoms with Crippen LogP contribution in [0.15, 0.2) is 40.5 Å². The van der Waals surface area contributed by atoms with Gasteiger partial charge in [-0.2, -0.15) is 0 Å². The van der Waals surface area contributed by atoms with Crippen LogP contribution in [0, 0.1) is 23.7 Å². The number of aliphatic hydroxyl groups excluding tert-OH is 1. The van der Waals surface area contributed by atoms with Gasteiger partial charge in [0.1, 0.15) is 17.9 Å². The molecule has 59 heavy (non-hydrogen) atoms. The predicted molar refractivity (Wildman–Crippen MR) is 219 cm³/mol. The zero-order valence-corrected chi connectivity index (χ0v) is 36.3. The van der Waals surface area contributed by atoms with Crippen molar-refractivity contribution in [3.05, 3.63) is 30.3 Å². The largest absolute Gasteiger partial charge is 0.458 e. The van der Waals surface area contributed by atoms with Gasteiger partial charge in [0.2, 0.25) is 0 Å². The van der Waals surface area contributed by atoms with Gasteiger partial charge in [0, 0.05) is 35.8 Å². The van der Waals surface area contributed by atoms with Gasteiger partial charge in [-0.15, -0.1) is 0 Å². The van der Waals surface area contributed by atoms with Crippen LogP contribution in [-0.2, 0) is 42.8 Å². The van der Waals surface area contributed by atoms with Gasteiger partial charge in [-0.1, -0.05) is 51.0 Å². The number of amides is 2. The highest BCUT2D eigenvalue weighted by atomic mass is 16.7. The van der Waals surface area contributed by atoms with Gasteiger partial charge in [-0.05, 0) is 79.1 Å². The summed E-state index contributed by atoms with van der Waals surface area (Å²) in [5, 5.41) is 18.9. The molecule has 4 bridgehead atoms. The number of oxime groups is 1. The first kappa shape index (κ1) is 44.9. The lowest BCUT2D eigenvalue weighted by molar-refractivity contribution is -0.302. The number of rotatable bonds is 8. The van der Waals surface area contributed by atoms with Crippen LogP contribution >= 0.6 is 0 Å². The van der Waals surface area contributed by atoms with Crippen molar-refractivity contribution in [1.82, 2.24) is 9.80 Å². The summed E-state index contributed by atoms with van der Waals surface area (Å²) in [7, 11) is 3.84. The monoisotopic (exact) mass is 827 g/mol. The van der Waals surface area contributed by atoms with Gasteiger partial charge in [0.15, 0.2) is 18.5 Å². The van der Waals surface area contributed by atoms with E-state index in [9.17, 15) is 19.5 Å². The van der Waals surface area contributed by atoms with E-state index in [-0.39, 0.29) is 43.8 Å². The van der Waals surface area contributed by atoms with Crippen LogP contribution in [0.2, 0.25) is 0 Å². The lowest BCUT2D eigenvalue weighted by Gasteiger charge is -2.48. The summed E-state index contributed by atoms with van der Waals surface area (Å²) in [6.07, 6.45) is -3.74. The molecule has 328 valence electrons. The number of aliphatic hydroxyl groups is 1. The van der Waals surface area contributed by atoms with Crippen molar-refractivity contribution in [3.63, 3.8) is 0 Å². The standard InChI is InChI=1S/C43H65N5O11/c1-11-32-43(8)37-26(4)34(44-17-18-48(37)41(52)59-43)24(2)20-42(7)38(58-40-35(50)31(47(9)10)19-25(3)56-40)27(5)36(28(6)39(51)57-32)53-21-30(22-54-42)46-55-23-33(49)45-29-15-13-12-14-16-29/h12-16,24-28,31-32,35-38,40,50H,11,17-23H2,1-10H3,(H,45,49)/b46-30+/t24-,25+,26+,27+,28-,31-,32-,35+,36+,37-,38-,40-,42-,43-/m1/s1. The van der Waals surface area contributed by atoms with Crippen molar-refractivity contribution in [3.8, 4) is 0 Å². The number of carbonyl (C=O) groups excluding carboxylic acids is 3. The van der Waals surface area contributed by atoms with Gasteiger partial charge in [-0.3, -0.25) is 19.5 Å². The lowest BCUT2D eigenvalue weighted by Crippen LogP contribution is -2.60. The number of benzene rings is 1. The van der Waals surface area contributed by atoms with Crippen LogP contribution in [0.1, 0.15) is 74.7 Å². The predicted octanol–water partition coefficient (Wildman–Crippen LogP) is 4.29. The van der Waals surface area contributed by atoms with Crippen molar-refractivity contribution in [2.75, 3.05) is 52.3 Å². The Labute approximate surface area is 348 Å². The molecule has 2 amide bonds. The number of para-hydroxylation sites is 1. The van der Waals surface area contributed by atoms with E-state index in [1.807, 2.05) is 71.8 Å². The molecule has 0 aliphatic carbocycles. The number of carbonyl (C=O) groups is 3. The second kappa shape index (κ2) is 18.5. The molecule has 16 nitrogen and oxygen atoms in total. The van der Waals surface area contributed by atoms with Gasteiger partial charge in [0.05, 0.1) is 55.6 Å². The summed E-state index contributed by atoms with van der Waals surface area (Å²) < 4.78 is 39.5. The van der Waals surface area contributed by atoms with E-state index >= 15 is 0 Å². The second-order valence-electron chi connectivity index (χ2n) is 17.7. The van der Waals surface area contributed by atoms with Gasteiger partial charge >= 0.3 is 12.1 Å². The number of aliphatic imine (C=N–C) groups is 1. The smallest absolute Gasteiger partial charge is 0.410 e. The molecule has 2 N–H and O–H groups in total. The van der Waals surface area contributed by atoms with Crippen molar-refractivity contribution in [1.29, 1.82) is 0 Å². The molecule has 0 spiro atoms. The van der Waals surface area contributed by atoms with E-state index in [1.54, 1.807) is 24.0 Å². The topological polar surface area (TPSA) is 179 Å². The van der Waals surface area contributed by atoms with Crippen molar-refractivity contribution in [2.45, 2.75) is 135 Å². The molecule has 5 aliphatic rings. The molecule has 16 heteroatoms. The zero-order chi connectivity index (χ0) is 42.8. The molecule has 0 unspecified atom stereocenters. The Morgan fingerprint density at radius 1 is 1.08 bits per heavy atom. The number of anilines is 1. The van der Waals surface area contributed by atoms with Crippen molar-refractivity contribution >= 4 is 35.1 Å². The molecule has 14 atom stereocenters. The molecular formula is C43H65N5O11. The molecule has 0 saturated carbocycles. The highest BCUT2D eigenvalue weighted by Crippen LogP contribution is 2.45. The van der Waals surface area contributed by atoms with E-state index in [0.717, 1.165) is 5.71 Å². The maximum Gasteiger partial charge on any atom is 0.410 e. The third-order valence-electron chi connectivity index (χ3n) is 13.0. The van der Waals surface area contributed by atoms with Gasteiger partial charge < -0.3 is 48.6 Å². The highest BCUT2D eigenvalue weighted by Gasteiger charge is 2.60. The first-order chi connectivity index (χ1) is 28.0. The maximum absolute atomic E-state index is 14.5. The number of nitrogens with zero attached hydrogens (tertiary/aromatic N) is 4. The van der Waals surface area contributed by atoms with Crippen molar-refractivity contribution in [2.24, 2.45) is 33.8 Å². The number of nitrogens with one attached hydrogen (secondary N) is 1. The van der Waals surface area contributed by atoms with E-state index < -0.39 is 77.8 Å². The number of ether oxygens (including phenoxy) is 6. The fourth-order valence-electron chi connectivity index (χ4n) is 10.1. The Balaban J connectivity index is 1.41. The molecule has 1 aromatic carbocycles. The molecule has 6 rings (SSSR count). The first-order valence-corrected chi connectivity index (χ1v) is 21.1. The van der Waals surface area contributed by atoms with Crippen LogP contribution in [0.4, 0.5) is 10.5 Å².